The number of rotatable bonds is 5. The molecule has 1 N–H and O–H groups in total. The van der Waals surface area contributed by atoms with Crippen LogP contribution < -0.4 is 0 Å². The molecule has 0 fully saturated rings. The van der Waals surface area contributed by atoms with Crippen LogP contribution in [0.15, 0.2) is 12.1 Å². The smallest absolute Gasteiger partial charge is 0.161 e. The Kier molecular flexibility index (Phi) is 4.14. The van der Waals surface area contributed by atoms with Crippen LogP contribution in [0.25, 0.3) is 11.0 Å². The molecule has 0 saturated carbocycles. The molecular weight excluding hydrogens is 248 g/mol. The zero-order valence-electron chi connectivity index (χ0n) is 11.5. The molecule has 0 aliphatic heterocycles. The van der Waals surface area contributed by atoms with Gasteiger partial charge in [0.05, 0.1) is 17.1 Å². The summed E-state index contributed by atoms with van der Waals surface area (Å²) in [6.45, 7) is 5.14. The fraction of sp³-hybridized carbons (Fsp3) is 0.500. The molecule has 104 valence electrons. The van der Waals surface area contributed by atoms with E-state index in [4.69, 9.17) is 0 Å². The maximum absolute atomic E-state index is 13.2. The Morgan fingerprint density at radius 3 is 2.68 bits per heavy atom. The fourth-order valence-corrected chi connectivity index (χ4v) is 2.03. The van der Waals surface area contributed by atoms with Crippen LogP contribution in [0.5, 0.6) is 0 Å². The zero-order valence-corrected chi connectivity index (χ0v) is 11.5. The molecule has 1 atom stereocenters. The quantitative estimate of drug-likeness (QED) is 0.897. The lowest BCUT2D eigenvalue weighted by Crippen LogP contribution is -2.24. The lowest BCUT2D eigenvalue weighted by molar-refractivity contribution is 0.250. The molecule has 1 heterocycles. The van der Waals surface area contributed by atoms with Gasteiger partial charge in [-0.1, -0.05) is 13.3 Å². The van der Waals surface area contributed by atoms with E-state index in [9.17, 15) is 8.78 Å². The number of H-pyrrole nitrogens is 1. The van der Waals surface area contributed by atoms with Crippen molar-refractivity contribution in [3.8, 4) is 0 Å². The summed E-state index contributed by atoms with van der Waals surface area (Å²) >= 11 is 0. The lowest BCUT2D eigenvalue weighted by Gasteiger charge is -2.22. The maximum atomic E-state index is 13.2. The third-order valence-corrected chi connectivity index (χ3v) is 3.46. The van der Waals surface area contributed by atoms with Gasteiger partial charge in [0.1, 0.15) is 5.82 Å². The minimum atomic E-state index is -0.863. The van der Waals surface area contributed by atoms with Crippen LogP contribution in [-0.4, -0.2) is 28.5 Å². The number of benzene rings is 1. The van der Waals surface area contributed by atoms with Crippen LogP contribution in [0.1, 0.15) is 38.6 Å². The van der Waals surface area contributed by atoms with Crippen LogP contribution in [0.3, 0.4) is 0 Å². The Balaban J connectivity index is 2.25. The molecule has 0 bridgehead atoms. The van der Waals surface area contributed by atoms with Gasteiger partial charge in [0, 0.05) is 12.1 Å². The number of nitrogens with one attached hydrogen (secondary N) is 1. The number of unbranched alkanes of at least 4 members (excludes halogenated alkanes) is 1. The highest BCUT2D eigenvalue weighted by Crippen LogP contribution is 2.22. The van der Waals surface area contributed by atoms with E-state index in [1.807, 2.05) is 14.0 Å². The van der Waals surface area contributed by atoms with Crippen molar-refractivity contribution in [2.45, 2.75) is 32.7 Å². The van der Waals surface area contributed by atoms with Gasteiger partial charge in [0.25, 0.3) is 0 Å². The highest BCUT2D eigenvalue weighted by Gasteiger charge is 2.16. The Labute approximate surface area is 111 Å². The van der Waals surface area contributed by atoms with Gasteiger partial charge < -0.3 is 4.98 Å². The summed E-state index contributed by atoms with van der Waals surface area (Å²) in [7, 11) is 2.02. The van der Waals surface area contributed by atoms with Crippen LogP contribution in [0.4, 0.5) is 8.78 Å². The molecule has 0 saturated heterocycles. The van der Waals surface area contributed by atoms with Crippen molar-refractivity contribution in [2.75, 3.05) is 13.6 Å². The standard InChI is InChI=1S/C14H19F2N3/c1-4-5-6-19(3)9(2)14-17-12-7-10(15)11(16)8-13(12)18-14/h7-9H,4-6H2,1-3H3,(H,17,18). The Hall–Kier alpha value is -1.49. The molecule has 3 nitrogen and oxygen atoms in total. The van der Waals surface area contributed by atoms with Crippen molar-refractivity contribution in [2.24, 2.45) is 0 Å². The van der Waals surface area contributed by atoms with Crippen molar-refractivity contribution in [3.05, 3.63) is 29.6 Å². The van der Waals surface area contributed by atoms with Gasteiger partial charge in [-0.2, -0.15) is 0 Å². The van der Waals surface area contributed by atoms with Crippen LogP contribution >= 0.6 is 0 Å². The molecule has 1 aromatic carbocycles. The second-order valence-electron chi connectivity index (χ2n) is 4.92. The average Bonchev–Trinajstić information content (AvgIpc) is 2.78. The minimum absolute atomic E-state index is 0.0880. The van der Waals surface area contributed by atoms with E-state index in [1.165, 1.54) is 0 Å². The Morgan fingerprint density at radius 1 is 1.32 bits per heavy atom. The molecule has 0 amide bonds. The van der Waals surface area contributed by atoms with E-state index in [1.54, 1.807) is 0 Å². The predicted molar refractivity (Wildman–Crippen MR) is 72.0 cm³/mol. The predicted octanol–water partition coefficient (Wildman–Crippen LogP) is 3.63. The second-order valence-corrected chi connectivity index (χ2v) is 4.92. The van der Waals surface area contributed by atoms with Crippen molar-refractivity contribution >= 4 is 11.0 Å². The SMILES string of the molecule is CCCCN(C)C(C)c1nc2cc(F)c(F)cc2[nH]1. The van der Waals surface area contributed by atoms with Crippen LogP contribution in [-0.2, 0) is 0 Å². The van der Waals surface area contributed by atoms with Gasteiger partial charge in [-0.25, -0.2) is 13.8 Å². The number of imidazole rings is 1. The van der Waals surface area contributed by atoms with Crippen molar-refractivity contribution in [3.63, 3.8) is 0 Å². The summed E-state index contributed by atoms with van der Waals surface area (Å²) in [4.78, 5) is 9.58. The molecule has 0 aliphatic rings. The first-order valence-electron chi connectivity index (χ1n) is 6.57. The molecule has 1 aromatic heterocycles. The number of hydrogen-bond donors (Lipinski definition) is 1. The van der Waals surface area contributed by atoms with Crippen LogP contribution in [0.2, 0.25) is 0 Å². The molecule has 0 radical (unpaired) electrons. The molecule has 0 spiro atoms. The topological polar surface area (TPSA) is 31.9 Å². The van der Waals surface area contributed by atoms with Crippen LogP contribution in [0, 0.1) is 11.6 Å². The molecule has 0 aliphatic carbocycles. The lowest BCUT2D eigenvalue weighted by atomic mass is 10.2. The van der Waals surface area contributed by atoms with E-state index in [0.29, 0.717) is 11.0 Å². The highest BCUT2D eigenvalue weighted by atomic mass is 19.2. The summed E-state index contributed by atoms with van der Waals surface area (Å²) < 4.78 is 26.3. The molecule has 2 aromatic rings. The summed E-state index contributed by atoms with van der Waals surface area (Å²) in [5.74, 6) is -0.981. The van der Waals surface area contributed by atoms with E-state index in [0.717, 1.165) is 37.3 Å². The van der Waals surface area contributed by atoms with Crippen molar-refractivity contribution in [1.82, 2.24) is 14.9 Å². The summed E-state index contributed by atoms with van der Waals surface area (Å²) in [6.07, 6.45) is 2.25. The monoisotopic (exact) mass is 267 g/mol. The minimum Gasteiger partial charge on any atom is -0.341 e. The zero-order chi connectivity index (χ0) is 14.0. The number of aromatic nitrogens is 2. The number of hydrogen-bond acceptors (Lipinski definition) is 2. The molecule has 1 unspecified atom stereocenters. The molecule has 5 heteroatoms. The van der Waals surface area contributed by atoms with Gasteiger partial charge in [-0.3, -0.25) is 4.90 Å². The van der Waals surface area contributed by atoms with E-state index >= 15 is 0 Å². The van der Waals surface area contributed by atoms with Gasteiger partial charge in [-0.05, 0) is 26.9 Å². The van der Waals surface area contributed by atoms with E-state index in [2.05, 4.69) is 21.8 Å². The summed E-state index contributed by atoms with van der Waals surface area (Å²) in [5, 5.41) is 0. The first kappa shape index (κ1) is 13.9. The van der Waals surface area contributed by atoms with Gasteiger partial charge in [0.2, 0.25) is 0 Å². The van der Waals surface area contributed by atoms with E-state index < -0.39 is 11.6 Å². The third-order valence-electron chi connectivity index (χ3n) is 3.46. The Bertz CT molecular complexity index is 526. The largest absolute Gasteiger partial charge is 0.341 e. The number of aromatic amines is 1. The van der Waals surface area contributed by atoms with Gasteiger partial charge >= 0.3 is 0 Å². The maximum Gasteiger partial charge on any atom is 0.161 e. The van der Waals surface area contributed by atoms with Gasteiger partial charge in [0.15, 0.2) is 11.6 Å². The first-order valence-corrected chi connectivity index (χ1v) is 6.57. The normalized spacial score (nSPS) is 13.4. The molecule has 2 rings (SSSR count). The highest BCUT2D eigenvalue weighted by molar-refractivity contribution is 5.75. The third kappa shape index (κ3) is 2.92. The first-order chi connectivity index (χ1) is 9.02. The van der Waals surface area contributed by atoms with Gasteiger partial charge in [-0.15, -0.1) is 0 Å². The summed E-state index contributed by atoms with van der Waals surface area (Å²) in [5.41, 5.74) is 0.995. The number of halogens is 2. The average molecular weight is 267 g/mol. The summed E-state index contributed by atoms with van der Waals surface area (Å²) in [6, 6.07) is 2.37. The Morgan fingerprint density at radius 2 is 2.00 bits per heavy atom. The second kappa shape index (κ2) is 5.65. The van der Waals surface area contributed by atoms with Crippen molar-refractivity contribution < 1.29 is 8.78 Å². The fourth-order valence-electron chi connectivity index (χ4n) is 2.03. The van der Waals surface area contributed by atoms with Crippen molar-refractivity contribution in [1.29, 1.82) is 0 Å². The van der Waals surface area contributed by atoms with E-state index in [-0.39, 0.29) is 6.04 Å². The molecular formula is C14H19F2N3. The number of fused-ring (bicyclic) bond motifs is 1. The molecule has 19 heavy (non-hydrogen) atoms. The number of nitrogens with zero attached hydrogens (tertiary/aromatic N) is 2.